The van der Waals surface area contributed by atoms with Crippen LogP contribution in [-0.4, -0.2) is 29.3 Å². The Balaban J connectivity index is 1.79. The van der Waals surface area contributed by atoms with Crippen molar-refractivity contribution in [2.24, 2.45) is 5.92 Å². The molecule has 1 aliphatic rings. The predicted octanol–water partition coefficient (Wildman–Crippen LogP) is 1.97. The van der Waals surface area contributed by atoms with Gasteiger partial charge in [0.2, 0.25) is 5.89 Å². The molecule has 0 unspecified atom stereocenters. The molecule has 118 valence electrons. The van der Waals surface area contributed by atoms with Gasteiger partial charge in [-0.2, -0.15) is 0 Å². The summed E-state index contributed by atoms with van der Waals surface area (Å²) in [5.41, 5.74) is 0.953. The van der Waals surface area contributed by atoms with Gasteiger partial charge in [0.15, 0.2) is 0 Å². The van der Waals surface area contributed by atoms with Crippen LogP contribution in [0.1, 0.15) is 19.8 Å². The Morgan fingerprint density at radius 3 is 2.86 bits per heavy atom. The van der Waals surface area contributed by atoms with Gasteiger partial charge in [-0.05, 0) is 57.0 Å². The predicted molar refractivity (Wildman–Crippen MR) is 81.2 cm³/mol. The van der Waals surface area contributed by atoms with Crippen molar-refractivity contribution in [1.29, 1.82) is 0 Å². The van der Waals surface area contributed by atoms with Crippen molar-refractivity contribution in [1.82, 2.24) is 15.5 Å². The maximum atomic E-state index is 14.0. The first-order chi connectivity index (χ1) is 10.6. The van der Waals surface area contributed by atoms with Crippen LogP contribution in [0.15, 0.2) is 27.4 Å². The highest BCUT2D eigenvalue weighted by molar-refractivity contribution is 5.61. The SMILES string of the molecule is C[C@H](Nc1cc(-c2n[nH]c(=O)o2)ccc1F)C1CCNCC1. The van der Waals surface area contributed by atoms with Crippen LogP contribution in [0.5, 0.6) is 0 Å². The number of aromatic nitrogens is 2. The number of rotatable bonds is 4. The molecule has 3 rings (SSSR count). The van der Waals surface area contributed by atoms with Crippen LogP contribution < -0.4 is 16.4 Å². The molecule has 1 aromatic heterocycles. The molecule has 0 aliphatic carbocycles. The first-order valence-electron chi connectivity index (χ1n) is 7.46. The Labute approximate surface area is 127 Å². The molecule has 0 bridgehead atoms. The van der Waals surface area contributed by atoms with Crippen LogP contribution >= 0.6 is 0 Å². The Bertz CT molecular complexity index is 691. The Hall–Kier alpha value is -2.15. The molecule has 1 atom stereocenters. The fourth-order valence-corrected chi connectivity index (χ4v) is 2.83. The summed E-state index contributed by atoms with van der Waals surface area (Å²) in [6, 6.07) is 4.67. The van der Waals surface area contributed by atoms with Crippen molar-refractivity contribution in [2.45, 2.75) is 25.8 Å². The fraction of sp³-hybridized carbons (Fsp3) is 0.467. The second-order valence-corrected chi connectivity index (χ2v) is 5.63. The zero-order valence-corrected chi connectivity index (χ0v) is 12.4. The molecule has 3 N–H and O–H groups in total. The highest BCUT2D eigenvalue weighted by atomic mass is 19.1. The fourth-order valence-electron chi connectivity index (χ4n) is 2.83. The normalized spacial score (nSPS) is 17.4. The van der Waals surface area contributed by atoms with Crippen molar-refractivity contribution in [3.05, 3.63) is 34.6 Å². The molecule has 0 amide bonds. The lowest BCUT2D eigenvalue weighted by Crippen LogP contribution is -2.36. The maximum absolute atomic E-state index is 14.0. The number of anilines is 1. The molecule has 2 heterocycles. The van der Waals surface area contributed by atoms with E-state index >= 15 is 0 Å². The molecule has 0 radical (unpaired) electrons. The first kappa shape index (κ1) is 14.8. The molecular formula is C15H19FN4O2. The first-order valence-corrected chi connectivity index (χ1v) is 7.46. The van der Waals surface area contributed by atoms with Gasteiger partial charge < -0.3 is 15.1 Å². The van der Waals surface area contributed by atoms with Gasteiger partial charge in [-0.1, -0.05) is 0 Å². The molecule has 6 nitrogen and oxygen atoms in total. The van der Waals surface area contributed by atoms with Gasteiger partial charge in [-0.15, -0.1) is 5.10 Å². The summed E-state index contributed by atoms with van der Waals surface area (Å²) < 4.78 is 18.9. The third-order valence-electron chi connectivity index (χ3n) is 4.13. The number of H-pyrrole nitrogens is 1. The highest BCUT2D eigenvalue weighted by Crippen LogP contribution is 2.26. The van der Waals surface area contributed by atoms with Gasteiger partial charge in [0.1, 0.15) is 5.82 Å². The second-order valence-electron chi connectivity index (χ2n) is 5.63. The molecule has 1 aromatic carbocycles. The molecule has 1 aliphatic heterocycles. The summed E-state index contributed by atoms with van der Waals surface area (Å²) in [6.45, 7) is 4.06. The minimum absolute atomic E-state index is 0.155. The zero-order chi connectivity index (χ0) is 15.5. The van der Waals surface area contributed by atoms with Crippen molar-refractivity contribution >= 4 is 5.69 Å². The van der Waals surface area contributed by atoms with E-state index in [4.69, 9.17) is 4.42 Å². The monoisotopic (exact) mass is 306 g/mol. The minimum Gasteiger partial charge on any atom is -0.388 e. The van der Waals surface area contributed by atoms with E-state index in [9.17, 15) is 9.18 Å². The third kappa shape index (κ3) is 3.19. The number of aromatic amines is 1. The van der Waals surface area contributed by atoms with Gasteiger partial charge in [0, 0.05) is 11.6 Å². The molecule has 1 fully saturated rings. The lowest BCUT2D eigenvalue weighted by molar-refractivity contribution is 0.342. The van der Waals surface area contributed by atoms with Crippen molar-refractivity contribution < 1.29 is 8.81 Å². The van der Waals surface area contributed by atoms with Crippen LogP contribution in [0.4, 0.5) is 10.1 Å². The number of hydrogen-bond acceptors (Lipinski definition) is 5. The van der Waals surface area contributed by atoms with E-state index in [0.29, 0.717) is 17.2 Å². The van der Waals surface area contributed by atoms with E-state index in [2.05, 4.69) is 27.8 Å². The minimum atomic E-state index is -0.628. The number of nitrogens with zero attached hydrogens (tertiary/aromatic N) is 1. The van der Waals surface area contributed by atoms with E-state index in [0.717, 1.165) is 25.9 Å². The number of halogens is 1. The molecular weight excluding hydrogens is 287 g/mol. The van der Waals surface area contributed by atoms with Gasteiger partial charge >= 0.3 is 5.76 Å². The highest BCUT2D eigenvalue weighted by Gasteiger charge is 2.21. The molecule has 0 saturated carbocycles. The summed E-state index contributed by atoms with van der Waals surface area (Å²) in [5.74, 6) is -0.297. The molecule has 0 spiro atoms. The lowest BCUT2D eigenvalue weighted by Gasteiger charge is -2.29. The third-order valence-corrected chi connectivity index (χ3v) is 4.13. The van der Waals surface area contributed by atoms with Crippen molar-refractivity contribution in [3.8, 4) is 11.5 Å². The quantitative estimate of drug-likeness (QED) is 0.804. The van der Waals surface area contributed by atoms with Crippen molar-refractivity contribution in [2.75, 3.05) is 18.4 Å². The molecule has 2 aromatic rings. The summed E-state index contributed by atoms with van der Waals surface area (Å²) in [6.07, 6.45) is 2.15. The van der Waals surface area contributed by atoms with Gasteiger partial charge in [-0.25, -0.2) is 14.3 Å². The van der Waals surface area contributed by atoms with Crippen LogP contribution in [-0.2, 0) is 0 Å². The number of piperidine rings is 1. The second kappa shape index (κ2) is 6.31. The van der Waals surface area contributed by atoms with E-state index < -0.39 is 5.76 Å². The number of hydrogen-bond donors (Lipinski definition) is 3. The lowest BCUT2D eigenvalue weighted by atomic mass is 9.91. The zero-order valence-electron chi connectivity index (χ0n) is 12.4. The standard InChI is InChI=1S/C15H19FN4O2/c1-9(10-4-6-17-7-5-10)18-13-8-11(2-3-12(13)16)14-19-20-15(21)22-14/h2-3,8-10,17-18H,4-7H2,1H3,(H,20,21)/t9-/m0/s1. The topological polar surface area (TPSA) is 83.0 Å². The summed E-state index contributed by atoms with van der Waals surface area (Å²) in [5, 5.41) is 12.5. The number of benzene rings is 1. The summed E-state index contributed by atoms with van der Waals surface area (Å²) >= 11 is 0. The van der Waals surface area contributed by atoms with Crippen LogP contribution in [0.25, 0.3) is 11.5 Å². The maximum Gasteiger partial charge on any atom is 0.434 e. The van der Waals surface area contributed by atoms with E-state index in [1.54, 1.807) is 6.07 Å². The summed E-state index contributed by atoms with van der Waals surface area (Å²) in [4.78, 5) is 11.0. The van der Waals surface area contributed by atoms with Gasteiger partial charge in [-0.3, -0.25) is 0 Å². The largest absolute Gasteiger partial charge is 0.434 e. The summed E-state index contributed by atoms with van der Waals surface area (Å²) in [7, 11) is 0. The Kier molecular flexibility index (Phi) is 4.24. The van der Waals surface area contributed by atoms with E-state index in [1.807, 2.05) is 0 Å². The van der Waals surface area contributed by atoms with Gasteiger partial charge in [0.05, 0.1) is 5.69 Å². The Morgan fingerprint density at radius 2 is 2.18 bits per heavy atom. The van der Waals surface area contributed by atoms with Crippen LogP contribution in [0, 0.1) is 11.7 Å². The van der Waals surface area contributed by atoms with Crippen molar-refractivity contribution in [3.63, 3.8) is 0 Å². The van der Waals surface area contributed by atoms with E-state index in [-0.39, 0.29) is 17.7 Å². The average molecular weight is 306 g/mol. The van der Waals surface area contributed by atoms with Crippen LogP contribution in [0.3, 0.4) is 0 Å². The van der Waals surface area contributed by atoms with E-state index in [1.165, 1.54) is 12.1 Å². The van der Waals surface area contributed by atoms with Crippen LogP contribution in [0.2, 0.25) is 0 Å². The Morgan fingerprint density at radius 1 is 1.41 bits per heavy atom. The average Bonchev–Trinajstić information content (AvgIpc) is 2.97. The molecule has 22 heavy (non-hydrogen) atoms. The number of nitrogens with one attached hydrogen (secondary N) is 3. The van der Waals surface area contributed by atoms with Gasteiger partial charge in [0.25, 0.3) is 0 Å². The molecule has 1 saturated heterocycles. The smallest absolute Gasteiger partial charge is 0.388 e. The molecule has 7 heteroatoms.